The van der Waals surface area contributed by atoms with Gasteiger partial charge in [0.25, 0.3) is 10.2 Å². The van der Waals surface area contributed by atoms with Crippen LogP contribution < -0.4 is 10.0 Å². The second-order valence-electron chi connectivity index (χ2n) is 5.65. The van der Waals surface area contributed by atoms with Crippen molar-refractivity contribution in [2.75, 3.05) is 53.4 Å². The molecular formula is C13H30N4O2S. The van der Waals surface area contributed by atoms with Crippen LogP contribution in [0.5, 0.6) is 0 Å². The summed E-state index contributed by atoms with van der Waals surface area (Å²) in [7, 11) is 0.404. The van der Waals surface area contributed by atoms with Gasteiger partial charge in [0.05, 0.1) is 0 Å². The van der Waals surface area contributed by atoms with Gasteiger partial charge in [-0.2, -0.15) is 12.7 Å². The summed E-state index contributed by atoms with van der Waals surface area (Å²) in [6.07, 6.45) is 3.09. The summed E-state index contributed by atoms with van der Waals surface area (Å²) >= 11 is 0. The molecule has 0 bridgehead atoms. The minimum absolute atomic E-state index is 0.429. The number of nitrogens with zero attached hydrogens (tertiary/aromatic N) is 2. The first-order valence-corrected chi connectivity index (χ1v) is 9.00. The molecule has 1 fully saturated rings. The van der Waals surface area contributed by atoms with E-state index in [2.05, 4.69) is 22.0 Å². The van der Waals surface area contributed by atoms with E-state index in [0.717, 1.165) is 45.4 Å². The van der Waals surface area contributed by atoms with E-state index in [4.69, 9.17) is 0 Å². The van der Waals surface area contributed by atoms with E-state index in [1.165, 1.54) is 4.31 Å². The molecule has 1 saturated heterocycles. The fourth-order valence-electron chi connectivity index (χ4n) is 2.50. The molecule has 1 aliphatic heterocycles. The predicted octanol–water partition coefficient (Wildman–Crippen LogP) is 0.0940. The summed E-state index contributed by atoms with van der Waals surface area (Å²) < 4.78 is 28.4. The molecule has 1 unspecified atom stereocenters. The first-order chi connectivity index (χ1) is 9.45. The van der Waals surface area contributed by atoms with Crippen LogP contribution in [-0.2, 0) is 10.2 Å². The van der Waals surface area contributed by atoms with E-state index in [1.807, 2.05) is 6.92 Å². The Morgan fingerprint density at radius 3 is 2.80 bits per heavy atom. The highest BCUT2D eigenvalue weighted by atomic mass is 32.2. The predicted molar refractivity (Wildman–Crippen MR) is 82.9 cm³/mol. The summed E-state index contributed by atoms with van der Waals surface area (Å²) in [4.78, 5) is 2.27. The summed E-state index contributed by atoms with van der Waals surface area (Å²) in [5, 5.41) is 3.20. The van der Waals surface area contributed by atoms with Crippen LogP contribution in [0.25, 0.3) is 0 Å². The van der Waals surface area contributed by atoms with Crippen molar-refractivity contribution < 1.29 is 8.42 Å². The van der Waals surface area contributed by atoms with Crippen LogP contribution in [0, 0.1) is 5.92 Å². The molecule has 0 aromatic heterocycles. The van der Waals surface area contributed by atoms with Crippen LogP contribution in [0.15, 0.2) is 0 Å². The standard InChI is InChI=1S/C13H30N4O2S/c1-4-14-8-6-10-17(3)20(18,19)15-11-13-7-5-9-16(2)12-13/h13-15H,4-12H2,1-3H3. The molecule has 0 aromatic carbocycles. The van der Waals surface area contributed by atoms with Gasteiger partial charge in [-0.1, -0.05) is 6.92 Å². The quantitative estimate of drug-likeness (QED) is 0.593. The van der Waals surface area contributed by atoms with E-state index in [9.17, 15) is 8.42 Å². The Balaban J connectivity index is 2.28. The zero-order chi connectivity index (χ0) is 15.0. The molecule has 120 valence electrons. The summed E-state index contributed by atoms with van der Waals surface area (Å²) in [5.74, 6) is 0.429. The Bertz CT molecular complexity index is 361. The number of rotatable bonds is 9. The fourth-order valence-corrected chi connectivity index (χ4v) is 3.53. The maximum atomic E-state index is 12.1. The van der Waals surface area contributed by atoms with Crippen molar-refractivity contribution in [3.05, 3.63) is 0 Å². The van der Waals surface area contributed by atoms with E-state index in [-0.39, 0.29) is 0 Å². The Kier molecular flexibility index (Phi) is 7.98. The topological polar surface area (TPSA) is 64.7 Å². The molecule has 2 N–H and O–H groups in total. The maximum absolute atomic E-state index is 12.1. The van der Waals surface area contributed by atoms with Gasteiger partial charge in [-0.05, 0) is 51.9 Å². The fraction of sp³-hybridized carbons (Fsp3) is 1.00. The molecule has 0 saturated carbocycles. The van der Waals surface area contributed by atoms with Crippen LogP contribution in [0.2, 0.25) is 0 Å². The average molecular weight is 306 g/mol. The number of likely N-dealkylation sites (tertiary alicyclic amines) is 1. The SMILES string of the molecule is CCNCCCN(C)S(=O)(=O)NCC1CCCN(C)C1. The van der Waals surface area contributed by atoms with Crippen LogP contribution in [-0.4, -0.2) is 71.0 Å². The van der Waals surface area contributed by atoms with Gasteiger partial charge in [-0.3, -0.25) is 0 Å². The molecule has 0 aromatic rings. The lowest BCUT2D eigenvalue weighted by molar-refractivity contribution is 0.210. The molecule has 1 heterocycles. The zero-order valence-corrected chi connectivity index (χ0v) is 13.9. The molecule has 7 heteroatoms. The molecular weight excluding hydrogens is 276 g/mol. The highest BCUT2D eigenvalue weighted by Gasteiger charge is 2.21. The summed E-state index contributed by atoms with van der Waals surface area (Å²) in [6.45, 7) is 7.01. The van der Waals surface area contributed by atoms with Crippen molar-refractivity contribution >= 4 is 10.2 Å². The van der Waals surface area contributed by atoms with Crippen LogP contribution >= 0.6 is 0 Å². The van der Waals surface area contributed by atoms with Gasteiger partial charge in [0.2, 0.25) is 0 Å². The van der Waals surface area contributed by atoms with E-state index in [0.29, 0.717) is 19.0 Å². The molecule has 0 spiro atoms. The van der Waals surface area contributed by atoms with Crippen molar-refractivity contribution in [2.24, 2.45) is 5.92 Å². The van der Waals surface area contributed by atoms with E-state index in [1.54, 1.807) is 7.05 Å². The van der Waals surface area contributed by atoms with Gasteiger partial charge in [-0.25, -0.2) is 4.72 Å². The van der Waals surface area contributed by atoms with Gasteiger partial charge in [0.15, 0.2) is 0 Å². The van der Waals surface area contributed by atoms with Gasteiger partial charge < -0.3 is 10.2 Å². The van der Waals surface area contributed by atoms with Crippen LogP contribution in [0.1, 0.15) is 26.2 Å². The van der Waals surface area contributed by atoms with Crippen molar-refractivity contribution in [2.45, 2.75) is 26.2 Å². The third-order valence-corrected chi connectivity index (χ3v) is 5.30. The van der Waals surface area contributed by atoms with Gasteiger partial charge >= 0.3 is 0 Å². The lowest BCUT2D eigenvalue weighted by Crippen LogP contribution is -2.44. The second-order valence-corrected chi connectivity index (χ2v) is 7.51. The molecule has 0 amide bonds. The van der Waals surface area contributed by atoms with E-state index < -0.39 is 10.2 Å². The second kappa shape index (κ2) is 8.94. The third-order valence-electron chi connectivity index (χ3n) is 3.76. The zero-order valence-electron chi connectivity index (χ0n) is 13.1. The lowest BCUT2D eigenvalue weighted by atomic mass is 9.99. The van der Waals surface area contributed by atoms with Crippen LogP contribution in [0.4, 0.5) is 0 Å². The monoisotopic (exact) mass is 306 g/mol. The normalized spacial score (nSPS) is 21.5. The molecule has 1 atom stereocenters. The molecule has 0 aliphatic carbocycles. The smallest absolute Gasteiger partial charge is 0.279 e. The Morgan fingerprint density at radius 2 is 2.15 bits per heavy atom. The highest BCUT2D eigenvalue weighted by Crippen LogP contribution is 2.14. The number of piperidine rings is 1. The molecule has 20 heavy (non-hydrogen) atoms. The molecule has 6 nitrogen and oxygen atoms in total. The maximum Gasteiger partial charge on any atom is 0.279 e. The first kappa shape index (κ1) is 17.8. The van der Waals surface area contributed by atoms with Gasteiger partial charge in [0.1, 0.15) is 0 Å². The number of hydrogen-bond acceptors (Lipinski definition) is 4. The third kappa shape index (κ3) is 6.49. The average Bonchev–Trinajstić information content (AvgIpc) is 2.41. The molecule has 1 aliphatic rings. The van der Waals surface area contributed by atoms with Crippen LogP contribution in [0.3, 0.4) is 0 Å². The number of nitrogens with one attached hydrogen (secondary N) is 2. The highest BCUT2D eigenvalue weighted by molar-refractivity contribution is 7.87. The van der Waals surface area contributed by atoms with Crippen molar-refractivity contribution in [1.29, 1.82) is 0 Å². The van der Waals surface area contributed by atoms with Crippen molar-refractivity contribution in [3.63, 3.8) is 0 Å². The first-order valence-electron chi connectivity index (χ1n) is 7.56. The summed E-state index contributed by atoms with van der Waals surface area (Å²) in [5.41, 5.74) is 0. The van der Waals surface area contributed by atoms with Crippen molar-refractivity contribution in [3.8, 4) is 0 Å². The van der Waals surface area contributed by atoms with Gasteiger partial charge in [0, 0.05) is 26.7 Å². The van der Waals surface area contributed by atoms with Crippen molar-refractivity contribution in [1.82, 2.24) is 19.2 Å². The molecule has 0 radical (unpaired) electrons. The lowest BCUT2D eigenvalue weighted by Gasteiger charge is -2.30. The summed E-state index contributed by atoms with van der Waals surface area (Å²) in [6, 6.07) is 0. The Hall–Kier alpha value is -0.210. The Labute approximate surface area is 124 Å². The Morgan fingerprint density at radius 1 is 1.40 bits per heavy atom. The minimum Gasteiger partial charge on any atom is -0.317 e. The van der Waals surface area contributed by atoms with Gasteiger partial charge in [-0.15, -0.1) is 0 Å². The number of hydrogen-bond donors (Lipinski definition) is 2. The van der Waals surface area contributed by atoms with E-state index >= 15 is 0 Å². The largest absolute Gasteiger partial charge is 0.317 e. The molecule has 1 rings (SSSR count). The minimum atomic E-state index is -3.33.